The molecule has 0 radical (unpaired) electrons. The summed E-state index contributed by atoms with van der Waals surface area (Å²) in [7, 11) is 1.72. The zero-order chi connectivity index (χ0) is 18.7. The van der Waals surface area contributed by atoms with Crippen LogP contribution in [0, 0.1) is 5.41 Å². The highest BCUT2D eigenvalue weighted by Gasteiger charge is 2.41. The second kappa shape index (κ2) is 7.85. The van der Waals surface area contributed by atoms with Crippen molar-refractivity contribution in [3.8, 4) is 0 Å². The summed E-state index contributed by atoms with van der Waals surface area (Å²) in [5, 5.41) is 1.22. The fourth-order valence-electron chi connectivity index (χ4n) is 4.81. The van der Waals surface area contributed by atoms with Gasteiger partial charge in [-0.2, -0.15) is 0 Å². The molecule has 5 heteroatoms. The molecule has 1 unspecified atom stereocenters. The summed E-state index contributed by atoms with van der Waals surface area (Å²) >= 11 is 0. The van der Waals surface area contributed by atoms with Crippen molar-refractivity contribution in [1.29, 1.82) is 0 Å². The van der Waals surface area contributed by atoms with Crippen molar-refractivity contribution >= 4 is 22.5 Å². The van der Waals surface area contributed by atoms with E-state index in [4.69, 9.17) is 4.74 Å². The van der Waals surface area contributed by atoms with Crippen LogP contribution >= 0.6 is 0 Å². The molecular weight excluding hydrogens is 338 g/mol. The Hall–Kier alpha value is -2.14. The summed E-state index contributed by atoms with van der Waals surface area (Å²) in [6.45, 7) is 4.51. The number of likely N-dealkylation sites (tertiary alicyclic amines) is 1. The van der Waals surface area contributed by atoms with Crippen LogP contribution < -0.4 is 4.90 Å². The standard InChI is InChI=1S/C22H29N3O2/c1-27-15-5-14-25-17-22(11-8-21(25)26)10-4-13-24(16-22)20-9-12-23-19-7-3-2-6-18(19)20/h2-3,6-7,9,12H,4-5,8,10-11,13-17H2,1H3. The van der Waals surface area contributed by atoms with Gasteiger partial charge in [0.25, 0.3) is 0 Å². The van der Waals surface area contributed by atoms with Crippen LogP contribution in [0.2, 0.25) is 0 Å². The number of hydrogen-bond acceptors (Lipinski definition) is 4. The van der Waals surface area contributed by atoms with Gasteiger partial charge in [-0.15, -0.1) is 0 Å². The number of hydrogen-bond donors (Lipinski definition) is 0. The minimum atomic E-state index is 0.212. The summed E-state index contributed by atoms with van der Waals surface area (Å²) in [6.07, 6.45) is 6.90. The van der Waals surface area contributed by atoms with E-state index in [1.54, 1.807) is 7.11 Å². The van der Waals surface area contributed by atoms with Crippen molar-refractivity contribution in [2.24, 2.45) is 5.41 Å². The lowest BCUT2D eigenvalue weighted by Crippen LogP contribution is -2.54. The van der Waals surface area contributed by atoms with E-state index in [2.05, 4.69) is 39.0 Å². The maximum atomic E-state index is 12.4. The second-order valence-corrected chi connectivity index (χ2v) is 8.03. The number of para-hydroxylation sites is 1. The number of benzene rings is 1. The van der Waals surface area contributed by atoms with Crippen LogP contribution in [0.3, 0.4) is 0 Å². The zero-order valence-corrected chi connectivity index (χ0v) is 16.2. The molecule has 0 N–H and O–H groups in total. The van der Waals surface area contributed by atoms with E-state index >= 15 is 0 Å². The van der Waals surface area contributed by atoms with Crippen LogP contribution in [0.15, 0.2) is 36.5 Å². The lowest BCUT2D eigenvalue weighted by atomic mass is 9.73. The molecule has 3 heterocycles. The fraction of sp³-hybridized carbons (Fsp3) is 0.545. The number of piperidine rings is 2. The Balaban J connectivity index is 1.54. The quantitative estimate of drug-likeness (QED) is 0.759. The summed E-state index contributed by atoms with van der Waals surface area (Å²) < 4.78 is 5.17. The number of anilines is 1. The van der Waals surface area contributed by atoms with Crippen molar-refractivity contribution < 1.29 is 9.53 Å². The third-order valence-corrected chi connectivity index (χ3v) is 6.15. The van der Waals surface area contributed by atoms with E-state index in [0.29, 0.717) is 18.9 Å². The predicted molar refractivity (Wildman–Crippen MR) is 108 cm³/mol. The monoisotopic (exact) mass is 367 g/mol. The fourth-order valence-corrected chi connectivity index (χ4v) is 4.81. The Kier molecular flexibility index (Phi) is 5.30. The van der Waals surface area contributed by atoms with Gasteiger partial charge in [0, 0.05) is 69.0 Å². The molecule has 1 aromatic heterocycles. The normalized spacial score (nSPS) is 23.4. The number of nitrogens with zero attached hydrogens (tertiary/aromatic N) is 3. The van der Waals surface area contributed by atoms with Crippen LogP contribution in [-0.2, 0) is 9.53 Å². The van der Waals surface area contributed by atoms with E-state index in [9.17, 15) is 4.79 Å². The molecule has 2 aliphatic heterocycles. The third kappa shape index (κ3) is 3.79. The van der Waals surface area contributed by atoms with Gasteiger partial charge in [0.05, 0.1) is 5.52 Å². The minimum absolute atomic E-state index is 0.212. The molecule has 0 saturated carbocycles. The Morgan fingerprint density at radius 1 is 1.19 bits per heavy atom. The predicted octanol–water partition coefficient (Wildman–Crippen LogP) is 3.48. The summed E-state index contributed by atoms with van der Waals surface area (Å²) in [6, 6.07) is 10.5. The maximum absolute atomic E-state index is 12.4. The van der Waals surface area contributed by atoms with E-state index in [-0.39, 0.29) is 5.41 Å². The number of ether oxygens (including phenoxy) is 1. The van der Waals surface area contributed by atoms with E-state index < -0.39 is 0 Å². The lowest BCUT2D eigenvalue weighted by Gasteiger charge is -2.49. The van der Waals surface area contributed by atoms with E-state index in [0.717, 1.165) is 44.5 Å². The van der Waals surface area contributed by atoms with E-state index in [1.807, 2.05) is 12.3 Å². The first-order valence-electron chi connectivity index (χ1n) is 10.1. The first kappa shape index (κ1) is 18.2. The van der Waals surface area contributed by atoms with Gasteiger partial charge in [0.15, 0.2) is 0 Å². The Labute approximate surface area is 161 Å². The second-order valence-electron chi connectivity index (χ2n) is 8.03. The molecule has 0 aliphatic carbocycles. The average Bonchev–Trinajstić information content (AvgIpc) is 2.71. The number of carbonyl (C=O) groups is 1. The highest BCUT2D eigenvalue weighted by Crippen LogP contribution is 2.41. The van der Waals surface area contributed by atoms with Crippen LogP contribution in [0.4, 0.5) is 5.69 Å². The van der Waals surface area contributed by atoms with Crippen molar-refractivity contribution in [3.05, 3.63) is 36.5 Å². The number of amides is 1. The van der Waals surface area contributed by atoms with Gasteiger partial charge in [-0.25, -0.2) is 0 Å². The van der Waals surface area contributed by atoms with Crippen molar-refractivity contribution in [3.63, 3.8) is 0 Å². The maximum Gasteiger partial charge on any atom is 0.222 e. The molecule has 0 bridgehead atoms. The van der Waals surface area contributed by atoms with Gasteiger partial charge in [-0.3, -0.25) is 9.78 Å². The Morgan fingerprint density at radius 2 is 2.07 bits per heavy atom. The largest absolute Gasteiger partial charge is 0.385 e. The Bertz CT molecular complexity index is 804. The summed E-state index contributed by atoms with van der Waals surface area (Å²) in [4.78, 5) is 21.5. The lowest BCUT2D eigenvalue weighted by molar-refractivity contribution is -0.138. The molecule has 5 nitrogen and oxygen atoms in total. The number of carbonyl (C=O) groups excluding carboxylic acids is 1. The van der Waals surface area contributed by atoms with Crippen molar-refractivity contribution in [1.82, 2.24) is 9.88 Å². The molecule has 4 rings (SSSR count). The van der Waals surface area contributed by atoms with Crippen LogP contribution in [0.1, 0.15) is 32.1 Å². The molecule has 2 saturated heterocycles. The number of aromatic nitrogens is 1. The van der Waals surface area contributed by atoms with Gasteiger partial charge in [0.1, 0.15) is 0 Å². The van der Waals surface area contributed by atoms with Crippen molar-refractivity contribution in [2.75, 3.05) is 44.8 Å². The smallest absolute Gasteiger partial charge is 0.222 e. The van der Waals surface area contributed by atoms with Crippen LogP contribution in [-0.4, -0.2) is 55.7 Å². The molecule has 1 aromatic carbocycles. The number of pyridine rings is 1. The molecule has 27 heavy (non-hydrogen) atoms. The van der Waals surface area contributed by atoms with Crippen LogP contribution in [0.25, 0.3) is 10.9 Å². The Morgan fingerprint density at radius 3 is 2.96 bits per heavy atom. The molecular formula is C22H29N3O2. The number of rotatable bonds is 5. The zero-order valence-electron chi connectivity index (χ0n) is 16.2. The number of fused-ring (bicyclic) bond motifs is 1. The highest BCUT2D eigenvalue weighted by molar-refractivity contribution is 5.91. The molecule has 1 spiro atoms. The van der Waals surface area contributed by atoms with Gasteiger partial charge in [-0.1, -0.05) is 18.2 Å². The van der Waals surface area contributed by atoms with Gasteiger partial charge < -0.3 is 14.5 Å². The number of methoxy groups -OCH3 is 1. The molecule has 2 aliphatic rings. The van der Waals surface area contributed by atoms with Crippen LogP contribution in [0.5, 0.6) is 0 Å². The minimum Gasteiger partial charge on any atom is -0.385 e. The van der Waals surface area contributed by atoms with E-state index in [1.165, 1.54) is 23.9 Å². The van der Waals surface area contributed by atoms with Gasteiger partial charge in [0.2, 0.25) is 5.91 Å². The van der Waals surface area contributed by atoms with Gasteiger partial charge >= 0.3 is 0 Å². The summed E-state index contributed by atoms with van der Waals surface area (Å²) in [5.41, 5.74) is 2.54. The topological polar surface area (TPSA) is 45.7 Å². The third-order valence-electron chi connectivity index (χ3n) is 6.15. The SMILES string of the molecule is COCCCN1CC2(CCCN(c3ccnc4ccccc34)C2)CCC1=O. The molecule has 2 fully saturated rings. The highest BCUT2D eigenvalue weighted by atomic mass is 16.5. The average molecular weight is 367 g/mol. The van der Waals surface area contributed by atoms with Gasteiger partial charge in [-0.05, 0) is 37.8 Å². The summed E-state index contributed by atoms with van der Waals surface area (Å²) in [5.74, 6) is 0.309. The molecule has 144 valence electrons. The first-order valence-corrected chi connectivity index (χ1v) is 10.1. The molecule has 1 amide bonds. The first-order chi connectivity index (χ1) is 13.2. The van der Waals surface area contributed by atoms with Crippen molar-refractivity contribution in [2.45, 2.75) is 32.1 Å². The molecule has 2 aromatic rings. The molecule has 1 atom stereocenters.